The van der Waals surface area contributed by atoms with Crippen LogP contribution in [0.3, 0.4) is 0 Å². The van der Waals surface area contributed by atoms with Gasteiger partial charge < -0.3 is 40.3 Å². The van der Waals surface area contributed by atoms with Gasteiger partial charge in [0.1, 0.15) is 6.54 Å². The molecule has 2 aliphatic heterocycles. The molecule has 0 aliphatic carbocycles. The van der Waals surface area contributed by atoms with Gasteiger partial charge in [-0.2, -0.15) is 0 Å². The van der Waals surface area contributed by atoms with Gasteiger partial charge in [-0.05, 0) is 38.1 Å². The number of rotatable bonds is 16. The lowest BCUT2D eigenvalue weighted by atomic mass is 9.90. The molecule has 4 amide bonds. The molecule has 2 fully saturated rings. The number of methoxy groups -OCH3 is 2. The molecule has 0 radical (unpaired) electrons. The summed E-state index contributed by atoms with van der Waals surface area (Å²) >= 11 is 0. The zero-order valence-corrected chi connectivity index (χ0v) is 25.3. The van der Waals surface area contributed by atoms with E-state index in [1.54, 1.807) is 23.8 Å². The van der Waals surface area contributed by atoms with E-state index in [9.17, 15) is 24.0 Å². The average Bonchev–Trinajstić information content (AvgIpc) is 3.67. The molecule has 0 aromatic carbocycles. The van der Waals surface area contributed by atoms with Crippen LogP contribution < -0.4 is 16.0 Å². The molecule has 7 atom stereocenters. The number of carbonyl (C=O) groups is 5. The van der Waals surface area contributed by atoms with Gasteiger partial charge in [0.25, 0.3) is 0 Å². The van der Waals surface area contributed by atoms with Crippen molar-refractivity contribution < 1.29 is 38.6 Å². The fourth-order valence-electron chi connectivity index (χ4n) is 5.97. The molecule has 13 nitrogen and oxygen atoms in total. The lowest BCUT2D eigenvalue weighted by Crippen LogP contribution is -2.54. The van der Waals surface area contributed by atoms with Crippen molar-refractivity contribution in [1.82, 2.24) is 25.8 Å². The van der Waals surface area contributed by atoms with Crippen molar-refractivity contribution in [2.24, 2.45) is 11.8 Å². The van der Waals surface area contributed by atoms with Crippen LogP contribution in [0.1, 0.15) is 59.3 Å². The molecule has 2 heterocycles. The smallest absolute Gasteiger partial charge is 0.322 e. The highest BCUT2D eigenvalue weighted by Gasteiger charge is 2.42. The average molecular weight is 584 g/mol. The Kier molecular flexibility index (Phi) is 14.0. The molecule has 41 heavy (non-hydrogen) atoms. The van der Waals surface area contributed by atoms with Crippen LogP contribution in [0.2, 0.25) is 0 Å². The lowest BCUT2D eigenvalue weighted by molar-refractivity contribution is -0.146. The van der Waals surface area contributed by atoms with E-state index >= 15 is 0 Å². The van der Waals surface area contributed by atoms with Crippen LogP contribution in [-0.4, -0.2) is 122 Å². The number of carboxylic acids is 1. The van der Waals surface area contributed by atoms with Crippen molar-refractivity contribution >= 4 is 29.6 Å². The Bertz CT molecular complexity index is 912. The summed E-state index contributed by atoms with van der Waals surface area (Å²) in [5.74, 6) is -2.90. The van der Waals surface area contributed by atoms with Gasteiger partial charge in [0.15, 0.2) is 0 Å². The number of nitrogens with one attached hydrogen (secondary N) is 3. The quantitative estimate of drug-likeness (QED) is 0.195. The minimum Gasteiger partial charge on any atom is -0.480 e. The lowest BCUT2D eigenvalue weighted by Gasteiger charge is -2.39. The molecule has 5 unspecified atom stereocenters. The van der Waals surface area contributed by atoms with Gasteiger partial charge in [0, 0.05) is 27.8 Å². The van der Waals surface area contributed by atoms with Crippen LogP contribution in [0.4, 0.5) is 0 Å². The summed E-state index contributed by atoms with van der Waals surface area (Å²) in [6.45, 7) is 6.31. The second-order valence-electron chi connectivity index (χ2n) is 11.1. The zero-order chi connectivity index (χ0) is 30.7. The topological polar surface area (TPSA) is 167 Å². The monoisotopic (exact) mass is 583 g/mol. The summed E-state index contributed by atoms with van der Waals surface area (Å²) in [7, 11) is 4.67. The van der Waals surface area contributed by atoms with Gasteiger partial charge in [-0.1, -0.05) is 27.2 Å². The first-order valence-corrected chi connectivity index (χ1v) is 14.6. The Hall–Kier alpha value is -2.77. The van der Waals surface area contributed by atoms with Crippen molar-refractivity contribution in [1.29, 1.82) is 0 Å². The van der Waals surface area contributed by atoms with Crippen molar-refractivity contribution in [2.45, 2.75) is 89.6 Å². The highest BCUT2D eigenvalue weighted by atomic mass is 16.5. The fraction of sp³-hybridized carbons (Fsp3) is 0.821. The van der Waals surface area contributed by atoms with E-state index in [0.717, 1.165) is 32.2 Å². The summed E-state index contributed by atoms with van der Waals surface area (Å²) in [5.41, 5.74) is 0. The van der Waals surface area contributed by atoms with Crippen LogP contribution >= 0.6 is 0 Å². The third kappa shape index (κ3) is 9.37. The number of hydrogen-bond acceptors (Lipinski definition) is 8. The first kappa shape index (κ1) is 34.4. The number of hydrogen-bond donors (Lipinski definition) is 4. The number of amides is 4. The van der Waals surface area contributed by atoms with Crippen molar-refractivity contribution in [3.63, 3.8) is 0 Å². The van der Waals surface area contributed by atoms with E-state index in [4.69, 9.17) is 14.6 Å². The molecular weight excluding hydrogens is 534 g/mol. The molecule has 234 valence electrons. The predicted molar refractivity (Wildman–Crippen MR) is 151 cm³/mol. The molecule has 0 bridgehead atoms. The molecule has 4 N–H and O–H groups in total. The molecule has 2 aliphatic rings. The SMILES string of the molecule is CC[C@H](C)[C@@H](C(CC(=O)N1CCCC1C(OC)C(C)C(=O)NCC(=O)O)OC)N(C)C(=O)CNC(=O)C1CCCN1. The first-order chi connectivity index (χ1) is 19.5. The van der Waals surface area contributed by atoms with E-state index < -0.39 is 42.6 Å². The number of likely N-dealkylation sites (tertiary alicyclic amines) is 1. The predicted octanol–water partition coefficient (Wildman–Crippen LogP) is -0.0243. The summed E-state index contributed by atoms with van der Waals surface area (Å²) in [6, 6.07) is -1.06. The van der Waals surface area contributed by atoms with E-state index in [1.807, 2.05) is 13.8 Å². The molecule has 13 heteroatoms. The van der Waals surface area contributed by atoms with Crippen molar-refractivity contribution in [3.05, 3.63) is 0 Å². The highest BCUT2D eigenvalue weighted by molar-refractivity contribution is 5.88. The summed E-state index contributed by atoms with van der Waals surface area (Å²) < 4.78 is 11.5. The number of carboxylic acid groups (broad SMARTS) is 1. The Morgan fingerprint density at radius 1 is 1.05 bits per heavy atom. The van der Waals surface area contributed by atoms with E-state index in [1.165, 1.54) is 14.2 Å². The van der Waals surface area contributed by atoms with Gasteiger partial charge in [-0.15, -0.1) is 0 Å². The maximum Gasteiger partial charge on any atom is 0.322 e. The van der Waals surface area contributed by atoms with Crippen LogP contribution in [0, 0.1) is 11.8 Å². The third-order valence-electron chi connectivity index (χ3n) is 8.51. The Balaban J connectivity index is 2.11. The molecule has 0 aromatic rings. The highest BCUT2D eigenvalue weighted by Crippen LogP contribution is 2.29. The van der Waals surface area contributed by atoms with E-state index in [0.29, 0.717) is 13.0 Å². The first-order valence-electron chi connectivity index (χ1n) is 14.6. The Labute approximate surface area is 243 Å². The summed E-state index contributed by atoms with van der Waals surface area (Å²) in [6.07, 6.45) is 2.59. The summed E-state index contributed by atoms with van der Waals surface area (Å²) in [4.78, 5) is 65.9. The van der Waals surface area contributed by atoms with Gasteiger partial charge in [0.05, 0.1) is 49.2 Å². The number of aliphatic carboxylic acids is 1. The second kappa shape index (κ2) is 16.6. The normalized spacial score (nSPS) is 22.3. The molecule has 0 saturated carbocycles. The number of nitrogens with zero attached hydrogens (tertiary/aromatic N) is 2. The number of carbonyl (C=O) groups excluding carboxylic acids is 4. The van der Waals surface area contributed by atoms with E-state index in [2.05, 4.69) is 16.0 Å². The summed E-state index contributed by atoms with van der Waals surface area (Å²) in [5, 5.41) is 17.1. The van der Waals surface area contributed by atoms with Crippen LogP contribution in [0.25, 0.3) is 0 Å². The van der Waals surface area contributed by atoms with Crippen molar-refractivity contribution in [2.75, 3.05) is 47.4 Å². The van der Waals surface area contributed by atoms with E-state index in [-0.39, 0.29) is 48.7 Å². The molecule has 2 saturated heterocycles. The van der Waals surface area contributed by atoms with Crippen LogP contribution in [0.15, 0.2) is 0 Å². The largest absolute Gasteiger partial charge is 0.480 e. The van der Waals surface area contributed by atoms with Gasteiger partial charge in [-0.25, -0.2) is 0 Å². The number of ether oxygens (including phenoxy) is 2. The van der Waals surface area contributed by atoms with Gasteiger partial charge in [0.2, 0.25) is 23.6 Å². The Morgan fingerprint density at radius 3 is 2.32 bits per heavy atom. The standard InChI is InChI=1S/C28H49N5O8/c1-7-17(2)25(32(4)23(35)15-30-28(39)19-10-8-12-29-19)21(40-5)14-22(34)33-13-9-11-20(33)26(41-6)18(3)27(38)31-16-24(36)37/h17-21,25-26,29H,7-16H2,1-6H3,(H,30,39)(H,31,38)(H,36,37)/t17-,18?,19?,20?,21?,25-,26?/m0/s1. The molecule has 0 spiro atoms. The molecular formula is C28H49N5O8. The van der Waals surface area contributed by atoms with Gasteiger partial charge in [-0.3, -0.25) is 24.0 Å². The second-order valence-corrected chi connectivity index (χ2v) is 11.1. The Morgan fingerprint density at radius 2 is 1.76 bits per heavy atom. The fourth-order valence-corrected chi connectivity index (χ4v) is 5.97. The maximum absolute atomic E-state index is 13.7. The minimum atomic E-state index is -1.14. The van der Waals surface area contributed by atoms with Crippen LogP contribution in [0.5, 0.6) is 0 Å². The number of likely N-dealkylation sites (N-methyl/N-ethyl adjacent to an activating group) is 1. The maximum atomic E-state index is 13.7. The minimum absolute atomic E-state index is 0.00736. The van der Waals surface area contributed by atoms with Crippen molar-refractivity contribution in [3.8, 4) is 0 Å². The zero-order valence-electron chi connectivity index (χ0n) is 25.3. The third-order valence-corrected chi connectivity index (χ3v) is 8.51. The van der Waals surface area contributed by atoms with Crippen LogP contribution in [-0.2, 0) is 33.4 Å². The molecule has 0 aromatic heterocycles. The molecule has 2 rings (SSSR count). The van der Waals surface area contributed by atoms with Gasteiger partial charge >= 0.3 is 5.97 Å².